The van der Waals surface area contributed by atoms with E-state index < -0.39 is 23.3 Å². The van der Waals surface area contributed by atoms with Gasteiger partial charge in [0.05, 0.1) is 5.60 Å². The quantitative estimate of drug-likeness (QED) is 0.451. The maximum atomic E-state index is 12.0. The Hall–Kier alpha value is -3.23. The van der Waals surface area contributed by atoms with Gasteiger partial charge < -0.3 is 24.6 Å². The first-order valence-corrected chi connectivity index (χ1v) is 14.3. The molecule has 0 radical (unpaired) electrons. The van der Waals surface area contributed by atoms with Crippen molar-refractivity contribution in [2.45, 2.75) is 55.8 Å². The Morgan fingerprint density at radius 1 is 1.18 bits per heavy atom. The lowest BCUT2D eigenvalue weighted by atomic mass is 9.79. The molecule has 3 heterocycles. The fourth-order valence-electron chi connectivity index (χ4n) is 5.86. The molecule has 4 aliphatic rings. The van der Waals surface area contributed by atoms with Gasteiger partial charge in [-0.3, -0.25) is 0 Å². The van der Waals surface area contributed by atoms with Crippen molar-refractivity contribution < 1.29 is 24.5 Å². The fraction of sp³-hybridized carbons (Fsp3) is 0.375. The average Bonchev–Trinajstić information content (AvgIpc) is 3.09. The number of aliphatic hydroxyl groups is 1. The Bertz CT molecular complexity index is 1400. The number of aliphatic carboxylic acids is 1. The lowest BCUT2D eigenvalue weighted by molar-refractivity contribution is -0.182. The number of pyridine rings is 1. The normalized spacial score (nSPS) is 24.1. The third kappa shape index (κ3) is 5.27. The van der Waals surface area contributed by atoms with Gasteiger partial charge >= 0.3 is 5.97 Å². The molecule has 2 fully saturated rings. The van der Waals surface area contributed by atoms with Gasteiger partial charge in [-0.2, -0.15) is 0 Å². The summed E-state index contributed by atoms with van der Waals surface area (Å²) in [6.07, 6.45) is 15.0. The molecule has 0 spiro atoms. The van der Waals surface area contributed by atoms with E-state index in [0.717, 1.165) is 54.7 Å². The Morgan fingerprint density at radius 3 is 2.65 bits per heavy atom. The summed E-state index contributed by atoms with van der Waals surface area (Å²) >= 11 is 6.03. The SMILES string of the molecule is O=C(O)C1(OC2C=CC=C3Oc4ncccc4C(=CCCN4CCC(O)(c5ccc(Cl)cc5)CC4)C=C32)CCC1. The van der Waals surface area contributed by atoms with E-state index in [2.05, 4.69) is 22.0 Å². The zero-order chi connectivity index (χ0) is 27.7. The van der Waals surface area contributed by atoms with E-state index in [1.807, 2.05) is 54.6 Å². The molecule has 1 aromatic heterocycles. The van der Waals surface area contributed by atoms with Crippen molar-refractivity contribution in [1.29, 1.82) is 0 Å². The highest BCUT2D eigenvalue weighted by atomic mass is 35.5. The Labute approximate surface area is 239 Å². The van der Waals surface area contributed by atoms with Crippen molar-refractivity contribution >= 4 is 23.1 Å². The van der Waals surface area contributed by atoms with E-state index in [9.17, 15) is 15.0 Å². The number of benzene rings is 1. The van der Waals surface area contributed by atoms with Crippen LogP contribution in [-0.4, -0.2) is 57.4 Å². The monoisotopic (exact) mass is 560 g/mol. The van der Waals surface area contributed by atoms with Crippen LogP contribution in [0.3, 0.4) is 0 Å². The maximum Gasteiger partial charge on any atom is 0.336 e. The van der Waals surface area contributed by atoms with Gasteiger partial charge in [0, 0.05) is 42.0 Å². The van der Waals surface area contributed by atoms with Crippen molar-refractivity contribution in [2.75, 3.05) is 19.6 Å². The molecule has 8 heteroatoms. The Kier molecular flexibility index (Phi) is 7.40. The molecule has 2 aliphatic heterocycles. The zero-order valence-electron chi connectivity index (χ0n) is 22.3. The van der Waals surface area contributed by atoms with Crippen LogP contribution in [0.25, 0.3) is 5.57 Å². The van der Waals surface area contributed by atoms with Crippen LogP contribution in [0.5, 0.6) is 5.88 Å². The van der Waals surface area contributed by atoms with Crippen LogP contribution < -0.4 is 4.74 Å². The first-order valence-electron chi connectivity index (χ1n) is 13.9. The molecule has 1 atom stereocenters. The maximum absolute atomic E-state index is 12.0. The van der Waals surface area contributed by atoms with E-state index in [-0.39, 0.29) is 0 Å². The number of hydrogen-bond acceptors (Lipinski definition) is 6. The third-order valence-electron chi connectivity index (χ3n) is 8.50. The number of piperidine rings is 1. The summed E-state index contributed by atoms with van der Waals surface area (Å²) in [6.45, 7) is 2.45. The van der Waals surface area contributed by atoms with E-state index >= 15 is 0 Å². The van der Waals surface area contributed by atoms with Crippen LogP contribution in [0.4, 0.5) is 0 Å². The van der Waals surface area contributed by atoms with Gasteiger partial charge in [-0.1, -0.05) is 42.0 Å². The zero-order valence-corrected chi connectivity index (χ0v) is 23.0. The molecule has 0 bridgehead atoms. The summed E-state index contributed by atoms with van der Waals surface area (Å²) in [5, 5.41) is 21.7. The van der Waals surface area contributed by atoms with Crippen molar-refractivity contribution in [3.8, 4) is 5.88 Å². The lowest BCUT2D eigenvalue weighted by Gasteiger charge is -2.40. The molecule has 1 saturated carbocycles. The van der Waals surface area contributed by atoms with Crippen LogP contribution in [0.1, 0.15) is 49.7 Å². The van der Waals surface area contributed by atoms with Gasteiger partial charge in [0.2, 0.25) is 5.88 Å². The first-order chi connectivity index (χ1) is 19.4. The number of halogens is 1. The summed E-state index contributed by atoms with van der Waals surface area (Å²) in [6, 6.07) is 11.4. The second-order valence-electron chi connectivity index (χ2n) is 11.0. The first kappa shape index (κ1) is 27.0. The van der Waals surface area contributed by atoms with Crippen molar-refractivity contribution in [3.63, 3.8) is 0 Å². The molecule has 0 amide bonds. The number of likely N-dealkylation sites (tertiary alicyclic amines) is 1. The van der Waals surface area contributed by atoms with Crippen LogP contribution in [0.2, 0.25) is 5.02 Å². The number of fused-ring (bicyclic) bond motifs is 2. The molecule has 1 saturated heterocycles. The van der Waals surface area contributed by atoms with E-state index in [1.54, 1.807) is 6.20 Å². The van der Waals surface area contributed by atoms with E-state index in [0.29, 0.717) is 42.3 Å². The minimum atomic E-state index is -1.15. The van der Waals surface area contributed by atoms with Gasteiger partial charge in [-0.25, -0.2) is 9.78 Å². The highest BCUT2D eigenvalue weighted by Gasteiger charge is 2.48. The number of carboxylic acids is 1. The van der Waals surface area contributed by atoms with Crippen LogP contribution in [0.15, 0.2) is 84.3 Å². The Morgan fingerprint density at radius 2 is 1.95 bits per heavy atom. The molecule has 2 aromatic rings. The number of allylic oxidation sites excluding steroid dienone is 4. The van der Waals surface area contributed by atoms with Crippen LogP contribution in [0, 0.1) is 0 Å². The van der Waals surface area contributed by atoms with Crippen LogP contribution in [-0.2, 0) is 15.1 Å². The summed E-state index contributed by atoms with van der Waals surface area (Å²) in [5.74, 6) is 0.222. The summed E-state index contributed by atoms with van der Waals surface area (Å²) in [7, 11) is 0. The largest absolute Gasteiger partial charge is 0.479 e. The van der Waals surface area contributed by atoms with Gasteiger partial charge in [0.15, 0.2) is 5.60 Å². The number of nitrogens with zero attached hydrogens (tertiary/aromatic N) is 2. The summed E-state index contributed by atoms with van der Waals surface area (Å²) in [5.41, 5.74) is 1.59. The second-order valence-corrected chi connectivity index (χ2v) is 11.4. The highest BCUT2D eigenvalue weighted by Crippen LogP contribution is 2.42. The number of aromatic nitrogens is 1. The number of hydrogen-bond donors (Lipinski definition) is 2. The minimum absolute atomic E-state index is 0.507. The second kappa shape index (κ2) is 11.0. The molecule has 1 aromatic carbocycles. The number of carbonyl (C=O) groups is 1. The topological polar surface area (TPSA) is 92.1 Å². The predicted molar refractivity (Wildman–Crippen MR) is 153 cm³/mol. The molecule has 1 unspecified atom stereocenters. The average molecular weight is 561 g/mol. The third-order valence-corrected chi connectivity index (χ3v) is 8.75. The van der Waals surface area contributed by atoms with Crippen molar-refractivity contribution in [3.05, 3.63) is 100 Å². The summed E-state index contributed by atoms with van der Waals surface area (Å²) in [4.78, 5) is 18.9. The summed E-state index contributed by atoms with van der Waals surface area (Å²) < 4.78 is 12.5. The van der Waals surface area contributed by atoms with E-state index in [1.165, 1.54) is 0 Å². The molecule has 2 N–H and O–H groups in total. The predicted octanol–water partition coefficient (Wildman–Crippen LogP) is 5.66. The van der Waals surface area contributed by atoms with Gasteiger partial charge in [-0.15, -0.1) is 0 Å². The smallest absolute Gasteiger partial charge is 0.336 e. The molecule has 7 nitrogen and oxygen atoms in total. The Balaban J connectivity index is 1.18. The molecule has 40 heavy (non-hydrogen) atoms. The molecule has 208 valence electrons. The molecular weight excluding hydrogens is 528 g/mol. The number of ether oxygens (including phenoxy) is 2. The van der Waals surface area contributed by atoms with Crippen LogP contribution >= 0.6 is 11.6 Å². The van der Waals surface area contributed by atoms with Gasteiger partial charge in [-0.05, 0) is 86.1 Å². The van der Waals surface area contributed by atoms with Gasteiger partial charge in [0.25, 0.3) is 0 Å². The minimum Gasteiger partial charge on any atom is -0.479 e. The molecule has 6 rings (SSSR count). The van der Waals surface area contributed by atoms with Crippen molar-refractivity contribution in [2.24, 2.45) is 0 Å². The highest BCUT2D eigenvalue weighted by molar-refractivity contribution is 6.30. The van der Waals surface area contributed by atoms with Gasteiger partial charge in [0.1, 0.15) is 11.9 Å². The molecule has 2 aliphatic carbocycles. The number of carboxylic acid groups (broad SMARTS) is 1. The lowest BCUT2D eigenvalue weighted by Crippen LogP contribution is -2.50. The number of rotatable bonds is 7. The fourth-order valence-corrected chi connectivity index (χ4v) is 5.99. The van der Waals surface area contributed by atoms with E-state index in [4.69, 9.17) is 21.1 Å². The standard InChI is InChI=1S/C32H33ClN2O5/c33-24-11-9-23(10-12-24)31(38)15-19-35(20-16-31)18-3-5-22-21-26-27(39-29-25(22)6-2-17-34-29)7-1-8-28(26)40-32(30(36)37)13-4-14-32/h1-2,5-12,17,21,28,38H,3-4,13-16,18-20H2,(H,36,37). The van der Waals surface area contributed by atoms with Crippen molar-refractivity contribution in [1.82, 2.24) is 9.88 Å². The molecular formula is C32H33ClN2O5.